The molecule has 4 rings (SSSR count). The molecule has 1 aliphatic rings. The zero-order valence-corrected chi connectivity index (χ0v) is 17.9. The Morgan fingerprint density at radius 2 is 2.06 bits per heavy atom. The van der Waals surface area contributed by atoms with Crippen LogP contribution in [0.1, 0.15) is 53.1 Å². The lowest BCUT2D eigenvalue weighted by Gasteiger charge is -2.22. The molecule has 1 fully saturated rings. The summed E-state index contributed by atoms with van der Waals surface area (Å²) in [6.07, 6.45) is -4.07. The second kappa shape index (κ2) is 8.86. The first-order chi connectivity index (χ1) is 15.3. The Morgan fingerprint density at radius 1 is 1.28 bits per heavy atom. The standard InChI is InChI=1S/C24H25F3N2O3/c1-3-20(17-6-4-5-7-19(17)24(25,26)27)32-16-8-9-21-18(12-16)22(14(2)31-21)23(30)29-15-10-11-28-13-15/h4-9,12,15,20,28H,3,10-11,13H2,1-2H3,(H,29,30)/t15-,20?/m0/s1. The minimum Gasteiger partial charge on any atom is -0.486 e. The fraction of sp³-hybridized carbons (Fsp3) is 0.375. The van der Waals surface area contributed by atoms with Gasteiger partial charge >= 0.3 is 6.18 Å². The summed E-state index contributed by atoms with van der Waals surface area (Å²) in [5, 5.41) is 6.78. The number of furan rings is 1. The summed E-state index contributed by atoms with van der Waals surface area (Å²) in [5.41, 5.74) is 0.310. The molecule has 3 aromatic rings. The lowest BCUT2D eigenvalue weighted by atomic mass is 10.00. The van der Waals surface area contributed by atoms with E-state index in [1.54, 1.807) is 38.1 Å². The van der Waals surface area contributed by atoms with Crippen molar-refractivity contribution in [2.75, 3.05) is 13.1 Å². The number of benzene rings is 2. The van der Waals surface area contributed by atoms with Crippen molar-refractivity contribution in [3.05, 3.63) is 64.9 Å². The smallest absolute Gasteiger partial charge is 0.416 e. The van der Waals surface area contributed by atoms with Gasteiger partial charge in [0.1, 0.15) is 23.2 Å². The Balaban J connectivity index is 1.64. The highest BCUT2D eigenvalue weighted by Gasteiger charge is 2.35. The predicted octanol–water partition coefficient (Wildman–Crippen LogP) is 5.38. The molecule has 5 nitrogen and oxygen atoms in total. The maximum atomic E-state index is 13.5. The fourth-order valence-corrected chi connectivity index (χ4v) is 4.16. The summed E-state index contributed by atoms with van der Waals surface area (Å²) in [5.74, 6) is 0.621. The number of hydrogen-bond donors (Lipinski definition) is 2. The van der Waals surface area contributed by atoms with Gasteiger partial charge < -0.3 is 19.8 Å². The number of carbonyl (C=O) groups is 1. The molecule has 0 bridgehead atoms. The van der Waals surface area contributed by atoms with Crippen LogP contribution in [0.5, 0.6) is 5.75 Å². The maximum Gasteiger partial charge on any atom is 0.416 e. The van der Waals surface area contributed by atoms with Crippen LogP contribution in [-0.4, -0.2) is 25.0 Å². The summed E-state index contributed by atoms with van der Waals surface area (Å²) < 4.78 is 52.2. The van der Waals surface area contributed by atoms with Gasteiger partial charge in [-0.15, -0.1) is 0 Å². The third-order valence-corrected chi connectivity index (χ3v) is 5.72. The van der Waals surface area contributed by atoms with Crippen LogP contribution in [0.25, 0.3) is 11.0 Å². The van der Waals surface area contributed by atoms with E-state index in [0.717, 1.165) is 19.0 Å². The lowest BCUT2D eigenvalue weighted by molar-refractivity contribution is -0.139. The number of aryl methyl sites for hydroxylation is 1. The molecule has 1 amide bonds. The Labute approximate surface area is 183 Å². The van der Waals surface area contributed by atoms with Crippen molar-refractivity contribution >= 4 is 16.9 Å². The molecule has 1 saturated heterocycles. The molecule has 8 heteroatoms. The molecule has 1 unspecified atom stereocenters. The minimum atomic E-state index is -4.47. The average Bonchev–Trinajstić information content (AvgIpc) is 3.37. The van der Waals surface area contributed by atoms with E-state index >= 15 is 0 Å². The second-order valence-corrected chi connectivity index (χ2v) is 7.95. The Morgan fingerprint density at radius 3 is 2.75 bits per heavy atom. The van der Waals surface area contributed by atoms with Crippen molar-refractivity contribution in [1.82, 2.24) is 10.6 Å². The zero-order valence-electron chi connectivity index (χ0n) is 17.9. The van der Waals surface area contributed by atoms with Crippen LogP contribution < -0.4 is 15.4 Å². The molecule has 32 heavy (non-hydrogen) atoms. The quantitative estimate of drug-likeness (QED) is 0.534. The van der Waals surface area contributed by atoms with E-state index in [-0.39, 0.29) is 17.5 Å². The van der Waals surface area contributed by atoms with Crippen LogP contribution in [0.3, 0.4) is 0 Å². The van der Waals surface area contributed by atoms with Crippen molar-refractivity contribution < 1.29 is 27.1 Å². The third-order valence-electron chi connectivity index (χ3n) is 5.72. The van der Waals surface area contributed by atoms with E-state index in [0.29, 0.717) is 41.0 Å². The number of nitrogens with one attached hydrogen (secondary N) is 2. The minimum absolute atomic E-state index is 0.0506. The van der Waals surface area contributed by atoms with Crippen molar-refractivity contribution in [3.8, 4) is 5.75 Å². The number of ether oxygens (including phenoxy) is 1. The molecule has 2 heterocycles. The number of halogens is 3. The highest BCUT2D eigenvalue weighted by molar-refractivity contribution is 6.07. The van der Waals surface area contributed by atoms with E-state index in [1.165, 1.54) is 12.1 Å². The van der Waals surface area contributed by atoms with Gasteiger partial charge in [-0.25, -0.2) is 0 Å². The molecule has 0 aliphatic carbocycles. The van der Waals surface area contributed by atoms with Gasteiger partial charge in [0.05, 0.1) is 11.1 Å². The predicted molar refractivity (Wildman–Crippen MR) is 115 cm³/mol. The molecule has 0 radical (unpaired) electrons. The van der Waals surface area contributed by atoms with Crippen molar-refractivity contribution in [2.24, 2.45) is 0 Å². The first kappa shape index (κ1) is 22.2. The first-order valence-electron chi connectivity index (χ1n) is 10.7. The number of rotatable bonds is 6. The van der Waals surface area contributed by atoms with Gasteiger partial charge in [-0.2, -0.15) is 13.2 Å². The van der Waals surface area contributed by atoms with Crippen LogP contribution in [0.2, 0.25) is 0 Å². The van der Waals surface area contributed by atoms with E-state index < -0.39 is 17.8 Å². The molecule has 2 atom stereocenters. The van der Waals surface area contributed by atoms with Crippen LogP contribution in [-0.2, 0) is 6.18 Å². The maximum absolute atomic E-state index is 13.5. The van der Waals surface area contributed by atoms with Crippen LogP contribution in [0.4, 0.5) is 13.2 Å². The second-order valence-electron chi connectivity index (χ2n) is 7.95. The summed E-state index contributed by atoms with van der Waals surface area (Å²) >= 11 is 0. The fourth-order valence-electron chi connectivity index (χ4n) is 4.16. The Hall–Kier alpha value is -3.00. The van der Waals surface area contributed by atoms with E-state index in [2.05, 4.69) is 10.6 Å². The summed E-state index contributed by atoms with van der Waals surface area (Å²) in [6, 6.07) is 10.5. The van der Waals surface area contributed by atoms with Gasteiger partial charge in [-0.05, 0) is 50.6 Å². The number of alkyl halides is 3. The molecular weight excluding hydrogens is 421 g/mol. The zero-order chi connectivity index (χ0) is 22.9. The first-order valence-corrected chi connectivity index (χ1v) is 10.7. The molecular formula is C24H25F3N2O3. The number of fused-ring (bicyclic) bond motifs is 1. The van der Waals surface area contributed by atoms with Crippen molar-refractivity contribution in [3.63, 3.8) is 0 Å². The van der Waals surface area contributed by atoms with Gasteiger partial charge in [0.15, 0.2) is 0 Å². The summed E-state index contributed by atoms with van der Waals surface area (Å²) in [4.78, 5) is 12.9. The van der Waals surface area contributed by atoms with Gasteiger partial charge in [0.2, 0.25) is 0 Å². The van der Waals surface area contributed by atoms with Gasteiger partial charge in [-0.1, -0.05) is 25.1 Å². The van der Waals surface area contributed by atoms with Gasteiger partial charge in [0.25, 0.3) is 5.91 Å². The lowest BCUT2D eigenvalue weighted by Crippen LogP contribution is -2.36. The third kappa shape index (κ3) is 4.46. The van der Waals surface area contributed by atoms with Gasteiger partial charge in [-0.3, -0.25) is 4.79 Å². The van der Waals surface area contributed by atoms with Gasteiger partial charge in [0, 0.05) is 23.5 Å². The van der Waals surface area contributed by atoms with Crippen molar-refractivity contribution in [2.45, 2.75) is 45.0 Å². The van der Waals surface area contributed by atoms with Crippen LogP contribution >= 0.6 is 0 Å². The largest absolute Gasteiger partial charge is 0.486 e. The Bertz CT molecular complexity index is 1120. The number of hydrogen-bond acceptors (Lipinski definition) is 4. The molecule has 1 aromatic heterocycles. The average molecular weight is 446 g/mol. The van der Waals surface area contributed by atoms with E-state index in [4.69, 9.17) is 9.15 Å². The highest BCUT2D eigenvalue weighted by Crippen LogP contribution is 2.38. The van der Waals surface area contributed by atoms with E-state index in [1.807, 2.05) is 0 Å². The normalized spacial score (nSPS) is 17.5. The van der Waals surface area contributed by atoms with Crippen LogP contribution in [0.15, 0.2) is 46.9 Å². The molecule has 0 saturated carbocycles. The van der Waals surface area contributed by atoms with E-state index in [9.17, 15) is 18.0 Å². The molecule has 2 N–H and O–H groups in total. The van der Waals surface area contributed by atoms with Crippen molar-refractivity contribution in [1.29, 1.82) is 0 Å². The van der Waals surface area contributed by atoms with Crippen LogP contribution in [0, 0.1) is 6.92 Å². The molecule has 1 aliphatic heterocycles. The SMILES string of the molecule is CCC(Oc1ccc2oc(C)c(C(=O)N[C@H]3CCNC3)c2c1)c1ccccc1C(F)(F)F. The number of amides is 1. The monoisotopic (exact) mass is 446 g/mol. The topological polar surface area (TPSA) is 63.5 Å². The Kier molecular flexibility index (Phi) is 6.15. The summed E-state index contributed by atoms with van der Waals surface area (Å²) in [6.45, 7) is 5.06. The highest BCUT2D eigenvalue weighted by atomic mass is 19.4. The molecule has 0 spiro atoms. The molecule has 2 aromatic carbocycles. The molecule has 170 valence electrons. The summed E-state index contributed by atoms with van der Waals surface area (Å²) in [7, 11) is 0. The number of carbonyl (C=O) groups excluding carboxylic acids is 1.